The van der Waals surface area contributed by atoms with Crippen LogP contribution in [0.3, 0.4) is 0 Å². The van der Waals surface area contributed by atoms with E-state index in [0.29, 0.717) is 0 Å². The van der Waals surface area contributed by atoms with Gasteiger partial charge in [-0.05, 0) is 58.6 Å². The lowest BCUT2D eigenvalue weighted by Gasteiger charge is -2.03. The summed E-state index contributed by atoms with van der Waals surface area (Å²) in [6.07, 6.45) is 2.10. The average Bonchev–Trinajstić information content (AvgIpc) is 2.86. The summed E-state index contributed by atoms with van der Waals surface area (Å²) < 4.78 is 8.50. The second-order valence-electron chi connectivity index (χ2n) is 4.21. The number of furan rings is 1. The number of hydrogen-bond acceptors (Lipinski definition) is 1. The fourth-order valence-corrected chi connectivity index (χ4v) is 2.40. The molecule has 0 aliphatic rings. The van der Waals surface area contributed by atoms with Gasteiger partial charge in [-0.1, -0.05) is 11.6 Å². The Morgan fingerprint density at radius 1 is 1.18 bits per heavy atom. The molecule has 3 heteroatoms. The van der Waals surface area contributed by atoms with Crippen LogP contribution in [0.4, 0.5) is 0 Å². The van der Waals surface area contributed by atoms with Gasteiger partial charge in [0, 0.05) is 11.7 Å². The van der Waals surface area contributed by atoms with Crippen LogP contribution in [0.2, 0.25) is 0 Å². The third-order valence-electron chi connectivity index (χ3n) is 2.88. The van der Waals surface area contributed by atoms with Gasteiger partial charge in [0.25, 0.3) is 0 Å². The summed E-state index contributed by atoms with van der Waals surface area (Å²) >= 11 is 3.32. The largest absolute Gasteiger partial charge is 0.452 e. The van der Waals surface area contributed by atoms with Gasteiger partial charge >= 0.3 is 0 Å². The van der Waals surface area contributed by atoms with Gasteiger partial charge < -0.3 is 8.98 Å². The van der Waals surface area contributed by atoms with E-state index in [-0.39, 0.29) is 0 Å². The topological polar surface area (TPSA) is 18.1 Å². The van der Waals surface area contributed by atoms with E-state index < -0.39 is 0 Å². The third kappa shape index (κ3) is 2.03. The highest BCUT2D eigenvalue weighted by Gasteiger charge is 2.04. The molecule has 3 rings (SSSR count). The first-order valence-corrected chi connectivity index (χ1v) is 6.31. The first-order chi connectivity index (χ1) is 8.22. The first-order valence-electron chi connectivity index (χ1n) is 5.52. The highest BCUT2D eigenvalue weighted by molar-refractivity contribution is 9.10. The van der Waals surface area contributed by atoms with Crippen molar-refractivity contribution < 1.29 is 4.42 Å². The number of fused-ring (bicyclic) bond motifs is 1. The van der Waals surface area contributed by atoms with Crippen molar-refractivity contribution in [3.05, 3.63) is 58.6 Å². The summed E-state index contributed by atoms with van der Waals surface area (Å²) in [4.78, 5) is 0. The van der Waals surface area contributed by atoms with Crippen LogP contribution in [0.15, 0.2) is 51.7 Å². The van der Waals surface area contributed by atoms with Crippen LogP contribution in [0.25, 0.3) is 10.9 Å². The molecule has 0 N–H and O–H groups in total. The Balaban J connectivity index is 2.00. The van der Waals surface area contributed by atoms with Crippen LogP contribution >= 0.6 is 15.9 Å². The van der Waals surface area contributed by atoms with Crippen LogP contribution in [-0.4, -0.2) is 4.57 Å². The summed E-state index contributed by atoms with van der Waals surface area (Å²) in [5.74, 6) is 0.954. The summed E-state index contributed by atoms with van der Waals surface area (Å²) in [7, 11) is 0. The van der Waals surface area contributed by atoms with Crippen LogP contribution < -0.4 is 0 Å². The van der Waals surface area contributed by atoms with Crippen molar-refractivity contribution in [3.8, 4) is 0 Å². The Hall–Kier alpha value is -1.48. The van der Waals surface area contributed by atoms with Gasteiger partial charge in [0.15, 0.2) is 4.67 Å². The maximum atomic E-state index is 5.53. The number of benzene rings is 1. The van der Waals surface area contributed by atoms with Crippen molar-refractivity contribution in [1.29, 1.82) is 0 Å². The zero-order chi connectivity index (χ0) is 11.8. The minimum absolute atomic E-state index is 0.762. The van der Waals surface area contributed by atoms with Crippen molar-refractivity contribution in [2.75, 3.05) is 0 Å². The first kappa shape index (κ1) is 10.7. The molecule has 0 saturated carbocycles. The highest BCUT2D eigenvalue weighted by atomic mass is 79.9. The van der Waals surface area contributed by atoms with E-state index in [0.717, 1.165) is 17.0 Å². The minimum Gasteiger partial charge on any atom is -0.452 e. The van der Waals surface area contributed by atoms with Crippen LogP contribution in [0.1, 0.15) is 11.3 Å². The van der Waals surface area contributed by atoms with E-state index in [4.69, 9.17) is 4.42 Å². The molecule has 2 aromatic heterocycles. The summed E-state index contributed by atoms with van der Waals surface area (Å²) in [5, 5.41) is 1.27. The van der Waals surface area contributed by atoms with Gasteiger partial charge in [-0.3, -0.25) is 0 Å². The zero-order valence-corrected chi connectivity index (χ0v) is 11.1. The molecule has 0 atom stereocenters. The molecule has 0 saturated heterocycles. The predicted octanol–water partition coefficient (Wildman–Crippen LogP) is 4.35. The van der Waals surface area contributed by atoms with Crippen molar-refractivity contribution >= 4 is 26.8 Å². The van der Waals surface area contributed by atoms with E-state index in [1.54, 1.807) is 0 Å². The van der Waals surface area contributed by atoms with Gasteiger partial charge in [-0.15, -0.1) is 0 Å². The summed E-state index contributed by atoms with van der Waals surface area (Å²) in [5.41, 5.74) is 2.53. The molecule has 3 aromatic rings. The lowest BCUT2D eigenvalue weighted by atomic mass is 10.2. The number of aryl methyl sites for hydroxylation is 1. The monoisotopic (exact) mass is 289 g/mol. The molecule has 0 unspecified atom stereocenters. The molecule has 2 nitrogen and oxygen atoms in total. The van der Waals surface area contributed by atoms with E-state index in [2.05, 4.69) is 57.9 Å². The number of nitrogens with zero attached hydrogens (tertiary/aromatic N) is 1. The van der Waals surface area contributed by atoms with Gasteiger partial charge in [0.2, 0.25) is 0 Å². The Kier molecular flexibility index (Phi) is 2.56. The van der Waals surface area contributed by atoms with Crippen molar-refractivity contribution in [2.45, 2.75) is 13.5 Å². The molecule has 1 aromatic carbocycles. The lowest BCUT2D eigenvalue weighted by molar-refractivity contribution is 0.477. The maximum Gasteiger partial charge on any atom is 0.169 e. The van der Waals surface area contributed by atoms with Crippen LogP contribution in [0, 0.1) is 6.92 Å². The Morgan fingerprint density at radius 3 is 2.82 bits per heavy atom. The zero-order valence-electron chi connectivity index (χ0n) is 9.48. The minimum atomic E-state index is 0.762. The Morgan fingerprint density at radius 2 is 2.06 bits per heavy atom. The fourth-order valence-electron chi connectivity index (χ4n) is 2.06. The Labute approximate surface area is 108 Å². The molecule has 0 radical (unpaired) electrons. The molecule has 17 heavy (non-hydrogen) atoms. The number of halogens is 1. The van der Waals surface area contributed by atoms with E-state index in [1.165, 1.54) is 16.5 Å². The fraction of sp³-hybridized carbons (Fsp3) is 0.143. The molecule has 0 aliphatic carbocycles. The van der Waals surface area contributed by atoms with E-state index >= 15 is 0 Å². The highest BCUT2D eigenvalue weighted by Crippen LogP contribution is 2.20. The molecule has 86 valence electrons. The Bertz CT molecular complexity index is 666. The molecule has 0 fully saturated rings. The normalized spacial score (nSPS) is 11.2. The standard InChI is InChI=1S/C14H12BrNO/c1-10-2-4-13-11(8-10)6-7-16(13)9-12-3-5-14(15)17-12/h2-8H,9H2,1H3. The van der Waals surface area contributed by atoms with Gasteiger partial charge in [-0.2, -0.15) is 0 Å². The average molecular weight is 290 g/mol. The van der Waals surface area contributed by atoms with Crippen LogP contribution in [0.5, 0.6) is 0 Å². The van der Waals surface area contributed by atoms with E-state index in [9.17, 15) is 0 Å². The van der Waals surface area contributed by atoms with Gasteiger partial charge in [0.05, 0.1) is 6.54 Å². The SMILES string of the molecule is Cc1ccc2c(ccn2Cc2ccc(Br)o2)c1. The molecule has 0 bridgehead atoms. The third-order valence-corrected chi connectivity index (χ3v) is 3.31. The second kappa shape index (κ2) is 4.08. The molecule has 0 amide bonds. The van der Waals surface area contributed by atoms with Gasteiger partial charge in [-0.25, -0.2) is 0 Å². The van der Waals surface area contributed by atoms with Gasteiger partial charge in [0.1, 0.15) is 5.76 Å². The second-order valence-corrected chi connectivity index (χ2v) is 4.99. The quantitative estimate of drug-likeness (QED) is 0.686. The summed E-state index contributed by atoms with van der Waals surface area (Å²) in [6.45, 7) is 2.87. The van der Waals surface area contributed by atoms with E-state index in [1.807, 2.05) is 12.1 Å². The van der Waals surface area contributed by atoms with Crippen molar-refractivity contribution in [1.82, 2.24) is 4.57 Å². The summed E-state index contributed by atoms with van der Waals surface area (Å²) in [6, 6.07) is 12.5. The predicted molar refractivity (Wildman–Crippen MR) is 72.2 cm³/mol. The number of hydrogen-bond donors (Lipinski definition) is 0. The van der Waals surface area contributed by atoms with Crippen LogP contribution in [-0.2, 0) is 6.54 Å². The van der Waals surface area contributed by atoms with Crippen molar-refractivity contribution in [2.24, 2.45) is 0 Å². The molecular weight excluding hydrogens is 278 g/mol. The lowest BCUT2D eigenvalue weighted by Crippen LogP contribution is -1.95. The maximum absolute atomic E-state index is 5.53. The molecule has 0 aliphatic heterocycles. The van der Waals surface area contributed by atoms with Crippen molar-refractivity contribution in [3.63, 3.8) is 0 Å². The molecule has 2 heterocycles. The number of rotatable bonds is 2. The molecule has 0 spiro atoms. The smallest absolute Gasteiger partial charge is 0.169 e. The molecular formula is C14H12BrNO. The number of aromatic nitrogens is 1.